The number of hydrogen-bond acceptors (Lipinski definition) is 2. The molecule has 0 radical (unpaired) electrons. The molecule has 1 amide bonds. The summed E-state index contributed by atoms with van der Waals surface area (Å²) in [5, 5.41) is 0. The molecule has 1 atom stereocenters. The van der Waals surface area contributed by atoms with Gasteiger partial charge in [-0.3, -0.25) is 9.78 Å². The highest BCUT2D eigenvalue weighted by molar-refractivity contribution is 5.95. The number of halogens is 6. The van der Waals surface area contributed by atoms with Crippen molar-refractivity contribution in [3.63, 3.8) is 0 Å². The van der Waals surface area contributed by atoms with Gasteiger partial charge in [-0.2, -0.15) is 26.3 Å². The SMILES string of the molecule is O=C(c1ccc(-c2cc(C(F)(F)F)cc(C(F)(F)F)c2)cc1)N1CCC(c2cccnc2)C1. The molecule has 9 heteroatoms. The summed E-state index contributed by atoms with van der Waals surface area (Å²) in [5.74, 6) is -0.0826. The van der Waals surface area contributed by atoms with Crippen LogP contribution in [0.4, 0.5) is 26.3 Å². The fourth-order valence-electron chi connectivity index (χ4n) is 3.94. The van der Waals surface area contributed by atoms with Gasteiger partial charge in [0.15, 0.2) is 0 Å². The zero-order valence-electron chi connectivity index (χ0n) is 17.1. The molecule has 1 aliphatic rings. The minimum Gasteiger partial charge on any atom is -0.338 e. The average Bonchev–Trinajstić information content (AvgIpc) is 3.28. The van der Waals surface area contributed by atoms with E-state index in [-0.39, 0.29) is 29.0 Å². The van der Waals surface area contributed by atoms with Crippen LogP contribution in [0.3, 0.4) is 0 Å². The van der Waals surface area contributed by atoms with Crippen molar-refractivity contribution >= 4 is 5.91 Å². The number of carbonyl (C=O) groups is 1. The summed E-state index contributed by atoms with van der Waals surface area (Å²) in [4.78, 5) is 18.6. The quantitative estimate of drug-likeness (QED) is 0.420. The first kappa shape index (κ1) is 22.8. The summed E-state index contributed by atoms with van der Waals surface area (Å²) in [5.41, 5.74) is -1.49. The summed E-state index contributed by atoms with van der Waals surface area (Å²) in [6.45, 7) is 1.05. The monoisotopic (exact) mass is 464 g/mol. The zero-order valence-corrected chi connectivity index (χ0v) is 17.1. The normalized spacial score (nSPS) is 16.8. The van der Waals surface area contributed by atoms with E-state index in [1.54, 1.807) is 17.3 Å². The van der Waals surface area contributed by atoms with Crippen molar-refractivity contribution in [2.24, 2.45) is 0 Å². The number of likely N-dealkylation sites (tertiary alicyclic amines) is 1. The van der Waals surface area contributed by atoms with E-state index < -0.39 is 23.5 Å². The summed E-state index contributed by atoms with van der Waals surface area (Å²) >= 11 is 0. The van der Waals surface area contributed by atoms with Crippen LogP contribution in [0, 0.1) is 0 Å². The van der Waals surface area contributed by atoms with Crippen LogP contribution in [0.5, 0.6) is 0 Å². The van der Waals surface area contributed by atoms with Crippen LogP contribution >= 0.6 is 0 Å². The van der Waals surface area contributed by atoms with Crippen molar-refractivity contribution in [2.75, 3.05) is 13.1 Å². The van der Waals surface area contributed by atoms with E-state index in [4.69, 9.17) is 0 Å². The Morgan fingerprint density at radius 1 is 0.879 bits per heavy atom. The molecule has 3 aromatic rings. The third kappa shape index (κ3) is 5.02. The minimum atomic E-state index is -4.92. The first-order chi connectivity index (χ1) is 15.5. The minimum absolute atomic E-state index is 0.0907. The Kier molecular flexibility index (Phi) is 5.90. The van der Waals surface area contributed by atoms with Gasteiger partial charge in [0.2, 0.25) is 0 Å². The third-order valence-electron chi connectivity index (χ3n) is 5.68. The molecule has 0 aliphatic carbocycles. The van der Waals surface area contributed by atoms with Crippen molar-refractivity contribution in [1.29, 1.82) is 0 Å². The molecule has 4 rings (SSSR count). The molecule has 1 aliphatic heterocycles. The molecule has 0 N–H and O–H groups in total. The molecule has 0 saturated carbocycles. The lowest BCUT2D eigenvalue weighted by Gasteiger charge is -2.17. The van der Waals surface area contributed by atoms with Gasteiger partial charge in [-0.25, -0.2) is 0 Å². The number of hydrogen-bond donors (Lipinski definition) is 0. The maximum absolute atomic E-state index is 13.1. The van der Waals surface area contributed by atoms with E-state index in [0.717, 1.165) is 12.0 Å². The molecule has 0 bridgehead atoms. The van der Waals surface area contributed by atoms with Crippen molar-refractivity contribution in [2.45, 2.75) is 24.7 Å². The van der Waals surface area contributed by atoms with E-state index >= 15 is 0 Å². The van der Waals surface area contributed by atoms with Crippen molar-refractivity contribution in [1.82, 2.24) is 9.88 Å². The number of amides is 1. The van der Waals surface area contributed by atoms with E-state index in [9.17, 15) is 31.1 Å². The van der Waals surface area contributed by atoms with E-state index in [1.807, 2.05) is 12.1 Å². The van der Waals surface area contributed by atoms with Crippen LogP contribution in [0.2, 0.25) is 0 Å². The first-order valence-electron chi connectivity index (χ1n) is 10.1. The molecule has 33 heavy (non-hydrogen) atoms. The smallest absolute Gasteiger partial charge is 0.338 e. The molecule has 0 spiro atoms. The van der Waals surface area contributed by atoms with Gasteiger partial charge in [-0.15, -0.1) is 0 Å². The Bertz CT molecular complexity index is 1110. The third-order valence-corrected chi connectivity index (χ3v) is 5.68. The summed E-state index contributed by atoms with van der Waals surface area (Å²) < 4.78 is 78.8. The highest BCUT2D eigenvalue weighted by Crippen LogP contribution is 2.38. The van der Waals surface area contributed by atoms with E-state index in [0.29, 0.717) is 30.8 Å². The number of aromatic nitrogens is 1. The maximum atomic E-state index is 13.1. The predicted molar refractivity (Wildman–Crippen MR) is 109 cm³/mol. The fraction of sp³-hybridized carbons (Fsp3) is 0.250. The largest absolute Gasteiger partial charge is 0.416 e. The molecule has 3 nitrogen and oxygen atoms in total. The molecule has 172 valence electrons. The van der Waals surface area contributed by atoms with Gasteiger partial charge in [0, 0.05) is 37.0 Å². The second-order valence-electron chi connectivity index (χ2n) is 7.90. The predicted octanol–water partition coefficient (Wildman–Crippen LogP) is 6.42. The molecule has 1 aromatic heterocycles. The van der Waals surface area contributed by atoms with Gasteiger partial charge in [0.1, 0.15) is 0 Å². The van der Waals surface area contributed by atoms with Gasteiger partial charge in [-0.05, 0) is 59.5 Å². The van der Waals surface area contributed by atoms with Gasteiger partial charge >= 0.3 is 12.4 Å². The summed E-state index contributed by atoms with van der Waals surface area (Å²) in [7, 11) is 0. The lowest BCUT2D eigenvalue weighted by Crippen LogP contribution is -2.28. The molecule has 2 heterocycles. The molecular formula is C24H18F6N2O. The Morgan fingerprint density at radius 3 is 2.06 bits per heavy atom. The average molecular weight is 464 g/mol. The Hall–Kier alpha value is -3.36. The second-order valence-corrected chi connectivity index (χ2v) is 7.90. The second kappa shape index (κ2) is 8.53. The lowest BCUT2D eigenvalue weighted by atomic mass is 9.98. The summed E-state index contributed by atoms with van der Waals surface area (Å²) in [6.07, 6.45) is -5.64. The number of rotatable bonds is 3. The number of nitrogens with zero attached hydrogens (tertiary/aromatic N) is 2. The van der Waals surface area contributed by atoms with Crippen LogP contribution in [0.15, 0.2) is 67.0 Å². The number of benzene rings is 2. The molecule has 1 saturated heterocycles. The lowest BCUT2D eigenvalue weighted by molar-refractivity contribution is -0.143. The fourth-order valence-corrected chi connectivity index (χ4v) is 3.94. The highest BCUT2D eigenvalue weighted by Gasteiger charge is 2.37. The van der Waals surface area contributed by atoms with Crippen molar-refractivity contribution in [3.8, 4) is 11.1 Å². The number of pyridine rings is 1. The van der Waals surface area contributed by atoms with E-state index in [2.05, 4.69) is 4.98 Å². The number of carbonyl (C=O) groups excluding carboxylic acids is 1. The van der Waals surface area contributed by atoms with Gasteiger partial charge in [0.25, 0.3) is 5.91 Å². The molecular weight excluding hydrogens is 446 g/mol. The van der Waals surface area contributed by atoms with E-state index in [1.165, 1.54) is 24.3 Å². The topological polar surface area (TPSA) is 33.2 Å². The van der Waals surface area contributed by atoms with Crippen LogP contribution < -0.4 is 0 Å². The van der Waals surface area contributed by atoms with Gasteiger partial charge < -0.3 is 4.90 Å². The van der Waals surface area contributed by atoms with Crippen molar-refractivity contribution in [3.05, 3.63) is 89.2 Å². The summed E-state index contributed by atoms with van der Waals surface area (Å²) in [6, 6.07) is 10.8. The first-order valence-corrected chi connectivity index (χ1v) is 10.1. The molecule has 1 unspecified atom stereocenters. The Morgan fingerprint density at radius 2 is 1.52 bits per heavy atom. The van der Waals surface area contributed by atoms with Crippen LogP contribution in [0.1, 0.15) is 39.4 Å². The number of alkyl halides is 6. The molecule has 2 aromatic carbocycles. The van der Waals surface area contributed by atoms with Crippen LogP contribution in [-0.2, 0) is 12.4 Å². The highest BCUT2D eigenvalue weighted by atomic mass is 19.4. The molecule has 1 fully saturated rings. The van der Waals surface area contributed by atoms with Gasteiger partial charge in [0.05, 0.1) is 11.1 Å². The maximum Gasteiger partial charge on any atom is 0.416 e. The standard InChI is InChI=1S/C24H18F6N2O/c25-23(26,27)20-10-19(11-21(12-20)24(28,29)30)15-3-5-16(6-4-15)22(33)32-9-7-18(14-32)17-2-1-8-31-13-17/h1-6,8,10-13,18H,7,9,14H2. The van der Waals surface area contributed by atoms with Crippen molar-refractivity contribution < 1.29 is 31.1 Å². The van der Waals surface area contributed by atoms with Gasteiger partial charge in [-0.1, -0.05) is 18.2 Å². The van der Waals surface area contributed by atoms with Crippen LogP contribution in [-0.4, -0.2) is 28.9 Å². The Labute approximate surface area is 185 Å². The zero-order chi connectivity index (χ0) is 23.8. The Balaban J connectivity index is 1.56. The van der Waals surface area contributed by atoms with Crippen LogP contribution in [0.25, 0.3) is 11.1 Å².